The molecule has 3 heteroatoms. The Morgan fingerprint density at radius 2 is 2.00 bits per heavy atom. The molecule has 1 aliphatic carbocycles. The van der Waals surface area contributed by atoms with Crippen LogP contribution in [0.2, 0.25) is 0 Å². The molecular weight excluding hydrogens is 262 g/mol. The van der Waals surface area contributed by atoms with Crippen LogP contribution in [0.15, 0.2) is 10.5 Å². The molecule has 0 radical (unpaired) electrons. The van der Waals surface area contributed by atoms with E-state index < -0.39 is 0 Å². The predicted molar refractivity (Wildman–Crippen MR) is 84.5 cm³/mol. The molecule has 0 aromatic carbocycles. The van der Waals surface area contributed by atoms with Crippen LogP contribution in [0.3, 0.4) is 0 Å². The van der Waals surface area contributed by atoms with Gasteiger partial charge in [-0.25, -0.2) is 0 Å². The number of hydrogen-bond acceptors (Lipinski definition) is 3. The maximum absolute atomic E-state index is 6.43. The summed E-state index contributed by atoms with van der Waals surface area (Å²) in [6, 6.07) is 2.47. The second-order valence-electron chi connectivity index (χ2n) is 7.02. The second-order valence-corrected chi connectivity index (χ2v) is 7.02. The van der Waals surface area contributed by atoms with Crippen molar-refractivity contribution in [2.75, 3.05) is 6.54 Å². The highest BCUT2D eigenvalue weighted by Gasteiger charge is 2.40. The summed E-state index contributed by atoms with van der Waals surface area (Å²) < 4.78 is 12.1. The molecule has 2 heterocycles. The van der Waals surface area contributed by atoms with Crippen molar-refractivity contribution < 1.29 is 9.15 Å². The highest BCUT2D eigenvalue weighted by atomic mass is 16.5. The van der Waals surface area contributed by atoms with Gasteiger partial charge in [-0.05, 0) is 52.5 Å². The molecule has 1 saturated carbocycles. The largest absolute Gasteiger partial charge is 0.466 e. The van der Waals surface area contributed by atoms with E-state index in [2.05, 4.69) is 18.3 Å². The van der Waals surface area contributed by atoms with Crippen LogP contribution < -0.4 is 5.32 Å². The minimum Gasteiger partial charge on any atom is -0.466 e. The highest BCUT2D eigenvalue weighted by molar-refractivity contribution is 5.23. The standard InChI is InChI=1S/C18H29NO2/c1-13-11-17(15(3)20-13)14(2)19-12-16-7-10-18(21-16)8-5-4-6-9-18/h11,14,16,19H,4-10,12H2,1-3H3. The summed E-state index contributed by atoms with van der Waals surface area (Å²) in [5.41, 5.74) is 1.51. The average molecular weight is 291 g/mol. The van der Waals surface area contributed by atoms with Crippen LogP contribution in [0.1, 0.15) is 75.0 Å². The zero-order valence-electron chi connectivity index (χ0n) is 13.7. The first-order chi connectivity index (χ1) is 10.1. The first-order valence-corrected chi connectivity index (χ1v) is 8.56. The molecule has 2 aliphatic rings. The van der Waals surface area contributed by atoms with Crippen molar-refractivity contribution >= 4 is 0 Å². The fourth-order valence-electron chi connectivity index (χ4n) is 4.10. The number of nitrogens with one attached hydrogen (secondary N) is 1. The third kappa shape index (κ3) is 3.35. The molecule has 0 bridgehead atoms. The van der Waals surface area contributed by atoms with Gasteiger partial charge in [0.15, 0.2) is 0 Å². The summed E-state index contributed by atoms with van der Waals surface area (Å²) in [6.07, 6.45) is 9.51. The predicted octanol–water partition coefficient (Wildman–Crippen LogP) is 4.43. The van der Waals surface area contributed by atoms with Crippen LogP contribution in [0.25, 0.3) is 0 Å². The van der Waals surface area contributed by atoms with Crippen LogP contribution in [0.5, 0.6) is 0 Å². The third-order valence-electron chi connectivity index (χ3n) is 5.30. The molecule has 2 unspecified atom stereocenters. The van der Waals surface area contributed by atoms with Crippen molar-refractivity contribution in [3.63, 3.8) is 0 Å². The van der Waals surface area contributed by atoms with Crippen molar-refractivity contribution in [1.82, 2.24) is 5.32 Å². The molecule has 118 valence electrons. The SMILES string of the molecule is Cc1cc(C(C)NCC2CCC3(CCCCC3)O2)c(C)o1. The molecular formula is C18H29NO2. The second kappa shape index (κ2) is 6.13. The molecule has 1 N–H and O–H groups in total. The molecule has 1 spiro atoms. The van der Waals surface area contributed by atoms with Crippen molar-refractivity contribution in [1.29, 1.82) is 0 Å². The fraction of sp³-hybridized carbons (Fsp3) is 0.778. The van der Waals surface area contributed by atoms with Gasteiger partial charge in [0.2, 0.25) is 0 Å². The Balaban J connectivity index is 1.50. The summed E-state index contributed by atoms with van der Waals surface area (Å²) in [5.74, 6) is 2.03. The van der Waals surface area contributed by atoms with Crippen LogP contribution in [-0.2, 0) is 4.74 Å². The lowest BCUT2D eigenvalue weighted by Crippen LogP contribution is -2.35. The van der Waals surface area contributed by atoms with E-state index in [0.717, 1.165) is 18.1 Å². The van der Waals surface area contributed by atoms with Crippen molar-refractivity contribution in [3.05, 3.63) is 23.2 Å². The summed E-state index contributed by atoms with van der Waals surface area (Å²) >= 11 is 0. The fourth-order valence-corrected chi connectivity index (χ4v) is 4.10. The lowest BCUT2D eigenvalue weighted by molar-refractivity contribution is -0.0628. The lowest BCUT2D eigenvalue weighted by atomic mass is 9.83. The Kier molecular flexibility index (Phi) is 4.41. The molecule has 2 fully saturated rings. The van der Waals surface area contributed by atoms with Gasteiger partial charge in [-0.3, -0.25) is 0 Å². The summed E-state index contributed by atoms with van der Waals surface area (Å²) in [7, 11) is 0. The van der Waals surface area contributed by atoms with Crippen molar-refractivity contribution in [2.24, 2.45) is 0 Å². The third-order valence-corrected chi connectivity index (χ3v) is 5.30. The van der Waals surface area contributed by atoms with Gasteiger partial charge in [0.25, 0.3) is 0 Å². The molecule has 1 aliphatic heterocycles. The first kappa shape index (κ1) is 15.1. The van der Waals surface area contributed by atoms with E-state index in [0.29, 0.717) is 12.1 Å². The zero-order valence-corrected chi connectivity index (χ0v) is 13.7. The molecule has 3 rings (SSSR count). The smallest absolute Gasteiger partial charge is 0.105 e. The molecule has 1 saturated heterocycles. The van der Waals surface area contributed by atoms with Gasteiger partial charge in [-0.15, -0.1) is 0 Å². The zero-order chi connectivity index (χ0) is 14.9. The van der Waals surface area contributed by atoms with Crippen molar-refractivity contribution in [2.45, 2.75) is 83.5 Å². The maximum Gasteiger partial charge on any atom is 0.105 e. The van der Waals surface area contributed by atoms with Crippen LogP contribution in [0.4, 0.5) is 0 Å². The van der Waals surface area contributed by atoms with Crippen LogP contribution in [0, 0.1) is 13.8 Å². The Hall–Kier alpha value is -0.800. The monoisotopic (exact) mass is 291 g/mol. The summed E-state index contributed by atoms with van der Waals surface area (Å²) in [6.45, 7) is 7.22. The van der Waals surface area contributed by atoms with E-state index in [1.54, 1.807) is 0 Å². The van der Waals surface area contributed by atoms with Gasteiger partial charge in [-0.2, -0.15) is 0 Å². The molecule has 1 aromatic heterocycles. The highest BCUT2D eigenvalue weighted by Crippen LogP contribution is 2.41. The van der Waals surface area contributed by atoms with E-state index in [-0.39, 0.29) is 5.60 Å². The maximum atomic E-state index is 6.43. The molecule has 1 aromatic rings. The summed E-state index contributed by atoms with van der Waals surface area (Å²) in [5, 5.41) is 3.63. The Morgan fingerprint density at radius 1 is 1.24 bits per heavy atom. The van der Waals surface area contributed by atoms with Crippen molar-refractivity contribution in [3.8, 4) is 0 Å². The van der Waals surface area contributed by atoms with E-state index in [4.69, 9.17) is 9.15 Å². The van der Waals surface area contributed by atoms with E-state index in [9.17, 15) is 0 Å². The van der Waals surface area contributed by atoms with E-state index >= 15 is 0 Å². The Labute approximate surface area is 128 Å². The molecule has 3 nitrogen and oxygen atoms in total. The first-order valence-electron chi connectivity index (χ1n) is 8.56. The molecule has 2 atom stereocenters. The Morgan fingerprint density at radius 3 is 2.67 bits per heavy atom. The average Bonchev–Trinajstić information content (AvgIpc) is 3.01. The van der Waals surface area contributed by atoms with Crippen LogP contribution >= 0.6 is 0 Å². The quantitative estimate of drug-likeness (QED) is 0.891. The van der Waals surface area contributed by atoms with Gasteiger partial charge in [0, 0.05) is 18.2 Å². The number of ether oxygens (including phenoxy) is 1. The summed E-state index contributed by atoms with van der Waals surface area (Å²) in [4.78, 5) is 0. The van der Waals surface area contributed by atoms with Gasteiger partial charge in [0.05, 0.1) is 11.7 Å². The van der Waals surface area contributed by atoms with Gasteiger partial charge >= 0.3 is 0 Å². The van der Waals surface area contributed by atoms with Crippen LogP contribution in [-0.4, -0.2) is 18.2 Å². The Bertz CT molecular complexity index is 474. The van der Waals surface area contributed by atoms with E-state index in [1.807, 2.05) is 13.8 Å². The van der Waals surface area contributed by atoms with Gasteiger partial charge in [-0.1, -0.05) is 19.3 Å². The number of rotatable bonds is 4. The van der Waals surface area contributed by atoms with Gasteiger partial charge in [0.1, 0.15) is 11.5 Å². The van der Waals surface area contributed by atoms with Gasteiger partial charge < -0.3 is 14.5 Å². The number of hydrogen-bond donors (Lipinski definition) is 1. The molecule has 21 heavy (non-hydrogen) atoms. The minimum absolute atomic E-state index is 0.232. The van der Waals surface area contributed by atoms with E-state index in [1.165, 1.54) is 50.5 Å². The lowest BCUT2D eigenvalue weighted by Gasteiger charge is -2.33. The number of furan rings is 1. The minimum atomic E-state index is 0.232. The molecule has 0 amide bonds. The topological polar surface area (TPSA) is 34.4 Å². The number of aryl methyl sites for hydroxylation is 2. The normalized spacial score (nSPS) is 26.3.